The largest absolute Gasteiger partial charge is 0.460 e. The zero-order valence-electron chi connectivity index (χ0n) is 31.8. The Balaban J connectivity index is 1.23. The minimum absolute atomic E-state index is 0.0152. The van der Waals surface area contributed by atoms with E-state index in [1.54, 1.807) is 32.9 Å². The molecule has 12 heteroatoms. The first kappa shape index (κ1) is 37.6. The Morgan fingerprint density at radius 2 is 1.25 bits per heavy atom. The van der Waals surface area contributed by atoms with Crippen molar-refractivity contribution in [2.45, 2.75) is 124 Å². The first-order valence-electron chi connectivity index (χ1n) is 19.1. The van der Waals surface area contributed by atoms with Crippen LogP contribution in [0.3, 0.4) is 0 Å². The topological polar surface area (TPSA) is 135 Å². The Kier molecular flexibility index (Phi) is 8.77. The third-order valence-electron chi connectivity index (χ3n) is 14.8. The second-order valence-corrected chi connectivity index (χ2v) is 22.6. The zero-order chi connectivity index (χ0) is 37.9. The van der Waals surface area contributed by atoms with Gasteiger partial charge in [0.2, 0.25) is 31.9 Å². The summed E-state index contributed by atoms with van der Waals surface area (Å²) in [5, 5.41) is 0. The molecule has 2 aliphatic heterocycles. The van der Waals surface area contributed by atoms with Gasteiger partial charge in [-0.1, -0.05) is 70.2 Å². The van der Waals surface area contributed by atoms with Gasteiger partial charge in [0.05, 0.1) is 35.4 Å². The molecule has 286 valence electrons. The number of rotatable bonds is 9. The molecule has 2 saturated heterocycles. The molecule has 5 unspecified atom stereocenters. The summed E-state index contributed by atoms with van der Waals surface area (Å²) in [6.07, 6.45) is 7.89. The van der Waals surface area contributed by atoms with E-state index in [9.17, 15) is 31.2 Å². The molecule has 1 aromatic rings. The van der Waals surface area contributed by atoms with Crippen molar-refractivity contribution in [3.8, 4) is 0 Å². The van der Waals surface area contributed by atoms with Gasteiger partial charge in [-0.2, -0.15) is 0 Å². The van der Waals surface area contributed by atoms with Crippen molar-refractivity contribution < 1.29 is 36.0 Å². The van der Waals surface area contributed by atoms with Crippen LogP contribution in [-0.4, -0.2) is 72.4 Å². The minimum atomic E-state index is -3.95. The molecule has 10 nitrogen and oxygen atoms in total. The van der Waals surface area contributed by atoms with E-state index in [2.05, 4.69) is 27.7 Å². The van der Waals surface area contributed by atoms with Crippen LogP contribution in [0.1, 0.15) is 105 Å². The highest BCUT2D eigenvalue weighted by Gasteiger charge is 2.73. The Morgan fingerprint density at radius 3 is 1.71 bits per heavy atom. The van der Waals surface area contributed by atoms with E-state index in [1.807, 2.05) is 30.3 Å². The molecule has 4 bridgehead atoms. The maximum Gasteiger partial charge on any atom is 0.306 e. The highest BCUT2D eigenvalue weighted by molar-refractivity contribution is 7.90. The monoisotopic (exact) mass is 756 g/mol. The Labute approximate surface area is 310 Å². The summed E-state index contributed by atoms with van der Waals surface area (Å²) in [6, 6.07) is 8.48. The van der Waals surface area contributed by atoms with Crippen LogP contribution < -0.4 is 0 Å². The molecular formula is C40H56N2O8S2. The molecule has 8 atom stereocenters. The van der Waals surface area contributed by atoms with E-state index in [0.29, 0.717) is 24.7 Å². The number of hydrogen-bond donors (Lipinski definition) is 0. The van der Waals surface area contributed by atoms with Gasteiger partial charge in [0.1, 0.15) is 5.60 Å². The number of esters is 1. The van der Waals surface area contributed by atoms with Crippen molar-refractivity contribution in [2.75, 3.05) is 11.5 Å². The lowest BCUT2D eigenvalue weighted by molar-refractivity contribution is -0.155. The molecular weight excluding hydrogens is 701 g/mol. The molecule has 7 rings (SSSR count). The van der Waals surface area contributed by atoms with Gasteiger partial charge in [0, 0.05) is 17.3 Å². The highest BCUT2D eigenvalue weighted by Crippen LogP contribution is 2.71. The SMILES string of the molecule is CC(C)(C)OC(=O)CC[C@@H](/C=C/[C@H](Cc1ccccc1)C(=O)N1[C@H]2CC3CCC2(CS1(=O)=O)C3(C)C)C(=O)N1C2CC3CCC2(CS1(=O)=O)C3(C)C. The lowest BCUT2D eigenvalue weighted by atomic mass is 9.69. The molecule has 2 spiro atoms. The standard InChI is InChI=1S/C40H56N2O8S2/c1-36(2,3)50-33(43)16-15-27(34(44)41-31-22-29-17-19-39(31,37(29,4)5)24-51(41,46)47)13-14-28(21-26-11-9-8-10-12-26)35(45)42-32-23-30-18-20-40(32,38(30,6)7)25-52(42,48)49/h8-14,27-32H,15-25H2,1-7H3/b14-13+/t27-,28-,29?,30?,31?,32+,39?,40?/m1/s1. The van der Waals surface area contributed by atoms with Gasteiger partial charge >= 0.3 is 5.97 Å². The molecule has 1 aromatic carbocycles. The predicted octanol–water partition coefficient (Wildman–Crippen LogP) is 5.87. The quantitative estimate of drug-likeness (QED) is 0.226. The molecule has 0 aromatic heterocycles. The van der Waals surface area contributed by atoms with Gasteiger partial charge in [0.15, 0.2) is 0 Å². The summed E-state index contributed by atoms with van der Waals surface area (Å²) in [4.78, 5) is 42.3. The third-order valence-corrected chi connectivity index (χ3v) is 18.7. The predicted molar refractivity (Wildman–Crippen MR) is 197 cm³/mol. The number of amides is 2. The van der Waals surface area contributed by atoms with Gasteiger partial charge < -0.3 is 4.74 Å². The van der Waals surface area contributed by atoms with Crippen molar-refractivity contribution in [2.24, 2.45) is 45.3 Å². The molecule has 4 aliphatic carbocycles. The highest BCUT2D eigenvalue weighted by atomic mass is 32.2. The summed E-state index contributed by atoms with van der Waals surface area (Å²) < 4.78 is 63.6. The first-order chi connectivity index (χ1) is 24.1. The lowest BCUT2D eigenvalue weighted by Crippen LogP contribution is -2.47. The van der Waals surface area contributed by atoms with E-state index in [1.165, 1.54) is 4.31 Å². The maximum absolute atomic E-state index is 14.7. The second kappa shape index (κ2) is 12.1. The minimum Gasteiger partial charge on any atom is -0.460 e. The van der Waals surface area contributed by atoms with Crippen LogP contribution >= 0.6 is 0 Å². The number of benzene rings is 1. The number of carbonyl (C=O) groups excluding carboxylic acids is 3. The molecule has 52 heavy (non-hydrogen) atoms. The Bertz CT molecular complexity index is 1900. The van der Waals surface area contributed by atoms with Gasteiger partial charge in [0.25, 0.3) is 0 Å². The van der Waals surface area contributed by atoms with E-state index >= 15 is 0 Å². The summed E-state index contributed by atoms with van der Waals surface area (Å²) in [5.41, 5.74) is -1.38. The second-order valence-electron chi connectivity index (χ2n) is 18.9. The Hall–Kier alpha value is -2.73. The van der Waals surface area contributed by atoms with E-state index in [-0.39, 0.29) is 41.6 Å². The van der Waals surface area contributed by atoms with Crippen LogP contribution in [0.5, 0.6) is 0 Å². The van der Waals surface area contributed by atoms with Crippen molar-refractivity contribution >= 4 is 37.8 Å². The Morgan fingerprint density at radius 1 is 0.788 bits per heavy atom. The van der Waals surface area contributed by atoms with Gasteiger partial charge in [-0.05, 0) is 100 Å². The van der Waals surface area contributed by atoms with E-state index in [4.69, 9.17) is 4.74 Å². The number of nitrogens with zero attached hydrogens (tertiary/aromatic N) is 2. The number of hydrogen-bond acceptors (Lipinski definition) is 8. The molecule has 0 N–H and O–H groups in total. The summed E-state index contributed by atoms with van der Waals surface area (Å²) >= 11 is 0. The fourth-order valence-electron chi connectivity index (χ4n) is 11.8. The van der Waals surface area contributed by atoms with Crippen molar-refractivity contribution in [1.29, 1.82) is 0 Å². The number of fused-ring (bicyclic) bond motifs is 2. The van der Waals surface area contributed by atoms with Crippen molar-refractivity contribution in [3.63, 3.8) is 0 Å². The van der Waals surface area contributed by atoms with Crippen LogP contribution in [0.15, 0.2) is 42.5 Å². The number of carbonyl (C=O) groups is 3. The van der Waals surface area contributed by atoms with Crippen LogP contribution in [0.25, 0.3) is 0 Å². The van der Waals surface area contributed by atoms with Gasteiger partial charge in [-0.3, -0.25) is 14.4 Å². The van der Waals surface area contributed by atoms with Crippen molar-refractivity contribution in [1.82, 2.24) is 8.61 Å². The molecule has 4 saturated carbocycles. The zero-order valence-corrected chi connectivity index (χ0v) is 33.4. The van der Waals surface area contributed by atoms with Gasteiger partial charge in [-0.15, -0.1) is 0 Å². The molecule has 6 fully saturated rings. The third kappa shape index (κ3) is 5.61. The first-order valence-corrected chi connectivity index (χ1v) is 22.3. The molecule has 2 heterocycles. The lowest BCUT2D eigenvalue weighted by Gasteiger charge is -2.37. The van der Waals surface area contributed by atoms with E-state index < -0.39 is 78.2 Å². The smallest absolute Gasteiger partial charge is 0.306 e. The van der Waals surface area contributed by atoms with Crippen LogP contribution in [0.4, 0.5) is 0 Å². The van der Waals surface area contributed by atoms with E-state index in [0.717, 1.165) is 35.6 Å². The molecule has 2 amide bonds. The van der Waals surface area contributed by atoms with Crippen LogP contribution in [-0.2, 0) is 45.6 Å². The van der Waals surface area contributed by atoms with Crippen LogP contribution in [0, 0.1) is 45.3 Å². The summed E-state index contributed by atoms with van der Waals surface area (Å²) in [5.74, 6) is -3.09. The van der Waals surface area contributed by atoms with Crippen molar-refractivity contribution in [3.05, 3.63) is 48.0 Å². The summed E-state index contributed by atoms with van der Waals surface area (Å²) in [7, 11) is -7.86. The normalized spacial score (nSPS) is 35.4. The summed E-state index contributed by atoms with van der Waals surface area (Å²) in [6.45, 7) is 13.8. The number of ether oxygens (including phenoxy) is 1. The fourth-order valence-corrected chi connectivity index (χ4v) is 17.0. The maximum atomic E-state index is 14.7. The van der Waals surface area contributed by atoms with Crippen LogP contribution in [0.2, 0.25) is 0 Å². The molecule has 6 aliphatic rings. The number of sulfonamides is 2. The van der Waals surface area contributed by atoms with Gasteiger partial charge in [-0.25, -0.2) is 25.4 Å². The molecule has 0 radical (unpaired) electrons. The average molecular weight is 757 g/mol. The average Bonchev–Trinajstić information content (AvgIpc) is 3.73. The fraction of sp³-hybridized carbons (Fsp3) is 0.725.